The van der Waals surface area contributed by atoms with Crippen molar-refractivity contribution in [1.29, 1.82) is 0 Å². The van der Waals surface area contributed by atoms with E-state index in [-0.39, 0.29) is 6.61 Å². The van der Waals surface area contributed by atoms with Gasteiger partial charge < -0.3 is 14.6 Å². The zero-order chi connectivity index (χ0) is 14.9. The van der Waals surface area contributed by atoms with Gasteiger partial charge in [0.2, 0.25) is 0 Å². The second-order valence-electron chi connectivity index (χ2n) is 4.83. The first-order valence-corrected chi connectivity index (χ1v) is 7.41. The zero-order valence-electron chi connectivity index (χ0n) is 11.7. The molecule has 0 spiro atoms. The number of hydrogen-bond donors (Lipinski definition) is 1. The lowest BCUT2D eigenvalue weighted by Crippen LogP contribution is -2.30. The fourth-order valence-electron chi connectivity index (χ4n) is 2.23. The first kappa shape index (κ1) is 14.0. The van der Waals surface area contributed by atoms with E-state index in [1.807, 2.05) is 48.5 Å². The number of benzene rings is 2. The summed E-state index contributed by atoms with van der Waals surface area (Å²) in [7, 11) is 1.62. The number of methoxy groups -OCH3 is 1. The fraction of sp³-hybridized carbons (Fsp3) is 0.176. The summed E-state index contributed by atoms with van der Waals surface area (Å²) in [6.07, 6.45) is 0. The number of rotatable bonds is 4. The molecule has 1 aliphatic heterocycles. The van der Waals surface area contributed by atoms with Gasteiger partial charge >= 0.3 is 0 Å². The first-order valence-electron chi connectivity index (χ1n) is 6.59. The first-order chi connectivity index (χ1) is 10.1. The van der Waals surface area contributed by atoms with Crippen molar-refractivity contribution in [2.45, 2.75) is 9.83 Å². The summed E-state index contributed by atoms with van der Waals surface area (Å²) in [4.78, 5) is -0.162. The quantitative estimate of drug-likeness (QED) is 0.936. The van der Waals surface area contributed by atoms with E-state index < -0.39 is 4.93 Å². The summed E-state index contributed by atoms with van der Waals surface area (Å²) in [5.74, 6) is 1.48. The van der Waals surface area contributed by atoms with E-state index in [1.165, 1.54) is 11.8 Å². The van der Waals surface area contributed by atoms with Crippen molar-refractivity contribution in [3.8, 4) is 11.5 Å². The average Bonchev–Trinajstić information content (AvgIpc) is 2.78. The monoisotopic (exact) mass is 300 g/mol. The molecule has 0 bridgehead atoms. The molecule has 0 aromatic heterocycles. The minimum Gasteiger partial charge on any atom is -0.497 e. The molecule has 1 N–H and O–H groups in total. The lowest BCUT2D eigenvalue weighted by atomic mass is 10.0. The van der Waals surface area contributed by atoms with Gasteiger partial charge in [0, 0.05) is 4.90 Å². The van der Waals surface area contributed by atoms with Gasteiger partial charge in [0.1, 0.15) is 18.1 Å². The molecular formula is C17H16O3S. The maximum Gasteiger partial charge on any atom is 0.174 e. The molecule has 3 nitrogen and oxygen atoms in total. The Bertz CT molecular complexity index is 669. The molecule has 0 fully saturated rings. The highest BCUT2D eigenvalue weighted by Gasteiger charge is 2.41. The van der Waals surface area contributed by atoms with Gasteiger partial charge in [0.15, 0.2) is 4.93 Å². The van der Waals surface area contributed by atoms with Crippen molar-refractivity contribution in [1.82, 2.24) is 0 Å². The lowest BCUT2D eigenvalue weighted by molar-refractivity contribution is 0.126. The van der Waals surface area contributed by atoms with Crippen molar-refractivity contribution in [2.24, 2.45) is 0 Å². The molecule has 4 heteroatoms. The predicted octanol–water partition coefficient (Wildman–Crippen LogP) is 3.58. The van der Waals surface area contributed by atoms with Crippen LogP contribution >= 0.6 is 11.8 Å². The number of ether oxygens (including phenoxy) is 2. The van der Waals surface area contributed by atoms with E-state index >= 15 is 0 Å². The Labute approximate surface area is 128 Å². The molecule has 1 unspecified atom stereocenters. The van der Waals surface area contributed by atoms with Crippen LogP contribution in [0.25, 0.3) is 5.57 Å². The third kappa shape index (κ3) is 2.64. The molecule has 0 saturated heterocycles. The Morgan fingerprint density at radius 2 is 1.90 bits per heavy atom. The molecule has 0 saturated carbocycles. The fourth-order valence-corrected chi connectivity index (χ4v) is 3.37. The van der Waals surface area contributed by atoms with E-state index in [2.05, 4.69) is 6.58 Å². The molecule has 2 aromatic carbocycles. The minimum atomic E-state index is -1.15. The van der Waals surface area contributed by atoms with Gasteiger partial charge in [0.25, 0.3) is 0 Å². The Kier molecular flexibility index (Phi) is 3.66. The second kappa shape index (κ2) is 5.47. The maximum atomic E-state index is 10.8. The van der Waals surface area contributed by atoms with Crippen LogP contribution in [0.2, 0.25) is 0 Å². The van der Waals surface area contributed by atoms with Crippen molar-refractivity contribution < 1.29 is 14.6 Å². The van der Waals surface area contributed by atoms with Gasteiger partial charge in [-0.25, -0.2) is 0 Å². The SMILES string of the molecule is C=C1c2cc(OC)ccc2SC1(O)COc1ccccc1. The van der Waals surface area contributed by atoms with Crippen molar-refractivity contribution >= 4 is 17.3 Å². The minimum absolute atomic E-state index is 0.150. The largest absolute Gasteiger partial charge is 0.497 e. The molecule has 21 heavy (non-hydrogen) atoms. The lowest BCUT2D eigenvalue weighted by Gasteiger charge is -2.23. The maximum absolute atomic E-state index is 10.8. The number of thioether (sulfide) groups is 1. The van der Waals surface area contributed by atoms with Gasteiger partial charge in [-0.15, -0.1) is 0 Å². The van der Waals surface area contributed by atoms with E-state index in [4.69, 9.17) is 9.47 Å². The number of para-hydroxylation sites is 1. The van der Waals surface area contributed by atoms with Crippen LogP contribution in [0.15, 0.2) is 60.0 Å². The van der Waals surface area contributed by atoms with Crippen LogP contribution in [0, 0.1) is 0 Å². The van der Waals surface area contributed by atoms with Crippen LogP contribution in [0.1, 0.15) is 5.56 Å². The van der Waals surface area contributed by atoms with Gasteiger partial charge in [-0.2, -0.15) is 0 Å². The molecule has 1 heterocycles. The third-order valence-corrected chi connectivity index (χ3v) is 4.72. The topological polar surface area (TPSA) is 38.7 Å². The summed E-state index contributed by atoms with van der Waals surface area (Å²) < 4.78 is 10.9. The smallest absolute Gasteiger partial charge is 0.174 e. The molecule has 1 aliphatic rings. The van der Waals surface area contributed by atoms with Gasteiger partial charge in [-0.05, 0) is 41.5 Å². The average molecular weight is 300 g/mol. The van der Waals surface area contributed by atoms with Crippen molar-refractivity contribution in [3.05, 3.63) is 60.7 Å². The normalized spacial score (nSPS) is 20.2. The Morgan fingerprint density at radius 3 is 2.62 bits per heavy atom. The molecular weight excluding hydrogens is 284 g/mol. The summed E-state index contributed by atoms with van der Waals surface area (Å²) in [5, 5.41) is 10.8. The summed E-state index contributed by atoms with van der Waals surface area (Å²) in [6, 6.07) is 15.2. The van der Waals surface area contributed by atoms with Crippen LogP contribution in [-0.2, 0) is 0 Å². The summed E-state index contributed by atoms with van der Waals surface area (Å²) >= 11 is 1.36. The van der Waals surface area contributed by atoms with Crippen LogP contribution in [-0.4, -0.2) is 23.8 Å². The zero-order valence-corrected chi connectivity index (χ0v) is 12.5. The van der Waals surface area contributed by atoms with Gasteiger partial charge in [-0.3, -0.25) is 0 Å². The third-order valence-electron chi connectivity index (χ3n) is 3.44. The van der Waals surface area contributed by atoms with Crippen LogP contribution in [0.5, 0.6) is 11.5 Å². The van der Waals surface area contributed by atoms with Gasteiger partial charge in [-0.1, -0.05) is 36.5 Å². The molecule has 0 radical (unpaired) electrons. The summed E-state index contributed by atoms with van der Waals surface area (Å²) in [6.45, 7) is 4.18. The van der Waals surface area contributed by atoms with E-state index in [0.29, 0.717) is 5.57 Å². The molecule has 3 rings (SSSR count). The molecule has 1 atom stereocenters. The van der Waals surface area contributed by atoms with Crippen molar-refractivity contribution in [3.63, 3.8) is 0 Å². The molecule has 0 amide bonds. The second-order valence-corrected chi connectivity index (χ2v) is 6.15. The Morgan fingerprint density at radius 1 is 1.14 bits per heavy atom. The number of hydrogen-bond acceptors (Lipinski definition) is 4. The Hall–Kier alpha value is -1.91. The number of aliphatic hydroxyl groups is 1. The van der Waals surface area contributed by atoms with E-state index in [0.717, 1.165) is 22.0 Å². The predicted molar refractivity (Wildman–Crippen MR) is 84.8 cm³/mol. The van der Waals surface area contributed by atoms with Crippen LogP contribution in [0.3, 0.4) is 0 Å². The highest BCUT2D eigenvalue weighted by atomic mass is 32.2. The van der Waals surface area contributed by atoms with Crippen molar-refractivity contribution in [2.75, 3.05) is 13.7 Å². The van der Waals surface area contributed by atoms with Gasteiger partial charge in [0.05, 0.1) is 7.11 Å². The van der Waals surface area contributed by atoms with E-state index in [1.54, 1.807) is 7.11 Å². The molecule has 2 aromatic rings. The molecule has 0 aliphatic carbocycles. The van der Waals surface area contributed by atoms with Crippen LogP contribution in [0.4, 0.5) is 0 Å². The highest BCUT2D eigenvalue weighted by molar-refractivity contribution is 8.01. The van der Waals surface area contributed by atoms with E-state index in [9.17, 15) is 5.11 Å². The highest BCUT2D eigenvalue weighted by Crippen LogP contribution is 2.51. The Balaban J connectivity index is 1.79. The summed E-state index contributed by atoms with van der Waals surface area (Å²) in [5.41, 5.74) is 1.57. The standard InChI is InChI=1S/C17H16O3S/c1-12-15-10-14(19-2)8-9-16(15)21-17(12,18)11-20-13-6-4-3-5-7-13/h3-10,18H,1,11H2,2H3. The van der Waals surface area contributed by atoms with Crippen LogP contribution < -0.4 is 9.47 Å². The number of fused-ring (bicyclic) bond motifs is 1. The molecule has 108 valence electrons.